The second kappa shape index (κ2) is 4.59. The highest BCUT2D eigenvalue weighted by atomic mass is 16.6. The van der Waals surface area contributed by atoms with Crippen LogP contribution in [0, 0.1) is 0 Å². The van der Waals surface area contributed by atoms with E-state index in [-0.39, 0.29) is 0 Å². The molecule has 0 aromatic heterocycles. The lowest BCUT2D eigenvalue weighted by atomic mass is 10.2. The number of rotatable bonds is 3. The molecule has 0 fully saturated rings. The molecule has 0 radical (unpaired) electrons. The van der Waals surface area contributed by atoms with Crippen molar-refractivity contribution in [2.75, 3.05) is 0 Å². The molecule has 0 atom stereocenters. The third-order valence-electron chi connectivity index (χ3n) is 1.25. The van der Waals surface area contributed by atoms with Crippen molar-refractivity contribution in [3.8, 4) is 0 Å². The fourth-order valence-corrected chi connectivity index (χ4v) is 0.746. The van der Waals surface area contributed by atoms with Crippen LogP contribution in [0.3, 0.4) is 0 Å². The van der Waals surface area contributed by atoms with E-state index >= 15 is 0 Å². The Hall–Kier alpha value is -1.26. The molecule has 0 unspecified atom stereocenters. The molecule has 0 amide bonds. The van der Waals surface area contributed by atoms with E-state index in [1.54, 1.807) is 6.08 Å². The Labute approximate surface area is 71.1 Å². The summed E-state index contributed by atoms with van der Waals surface area (Å²) in [4.78, 5) is 0. The lowest BCUT2D eigenvalue weighted by Gasteiger charge is -2.23. The van der Waals surface area contributed by atoms with Crippen molar-refractivity contribution in [1.29, 1.82) is 0 Å². The van der Waals surface area contributed by atoms with Gasteiger partial charge in [0.2, 0.25) is 0 Å². The van der Waals surface area contributed by atoms with Gasteiger partial charge in [0.05, 0.1) is 6.26 Å². The summed E-state index contributed by atoms with van der Waals surface area (Å²) < 4.78 is 4.15. The van der Waals surface area contributed by atoms with Crippen molar-refractivity contribution in [2.24, 2.45) is 0 Å². The highest BCUT2D eigenvalue weighted by Gasteiger charge is 1.80. The van der Waals surface area contributed by atoms with Gasteiger partial charge in [0, 0.05) is 0 Å². The normalized spacial score (nSPS) is 10.2. The molecule has 4 heteroatoms. The zero-order chi connectivity index (χ0) is 8.81. The van der Waals surface area contributed by atoms with E-state index in [0.29, 0.717) is 0 Å². The molecular weight excluding hydrogens is 155 g/mol. The number of hydrogen-bond donors (Lipinski definition) is 0. The molecule has 0 aliphatic rings. The highest BCUT2D eigenvalue weighted by molar-refractivity contribution is 6.28. The number of benzene rings is 1. The summed E-state index contributed by atoms with van der Waals surface area (Å²) in [6.07, 6.45) is 2.67. The Morgan fingerprint density at radius 3 is 2.42 bits per heavy atom. The van der Waals surface area contributed by atoms with E-state index in [1.165, 1.54) is 0 Å². The molecule has 3 nitrogen and oxygen atoms in total. The van der Waals surface area contributed by atoms with Crippen LogP contribution in [-0.4, -0.2) is 7.32 Å². The molecule has 1 aromatic rings. The highest BCUT2D eigenvalue weighted by Crippen LogP contribution is 2.00. The van der Waals surface area contributed by atoms with E-state index < -0.39 is 7.32 Å². The molecule has 0 saturated carbocycles. The van der Waals surface area contributed by atoms with Crippen LogP contribution in [0.25, 0.3) is 6.08 Å². The standard InChI is InChI=1S/C8H7BO3/c10-9(11)12-7-6-8-4-2-1-3-5-8/h1-7H/q-2. The van der Waals surface area contributed by atoms with E-state index in [1.807, 2.05) is 30.3 Å². The maximum Gasteiger partial charge on any atom is 0.132 e. The van der Waals surface area contributed by atoms with Gasteiger partial charge in [-0.3, -0.25) is 0 Å². The van der Waals surface area contributed by atoms with Gasteiger partial charge >= 0.3 is 0 Å². The molecule has 1 aromatic carbocycles. The maximum atomic E-state index is 9.89. The molecule has 62 valence electrons. The minimum atomic E-state index is -2.25. The Morgan fingerprint density at radius 1 is 1.17 bits per heavy atom. The predicted octanol–water partition coefficient (Wildman–Crippen LogP) is -0.621. The average molecular weight is 162 g/mol. The van der Waals surface area contributed by atoms with Gasteiger partial charge in [0.15, 0.2) is 0 Å². The van der Waals surface area contributed by atoms with Crippen LogP contribution in [0.4, 0.5) is 0 Å². The van der Waals surface area contributed by atoms with Crippen molar-refractivity contribution in [3.63, 3.8) is 0 Å². The molecule has 0 spiro atoms. The van der Waals surface area contributed by atoms with Gasteiger partial charge in [-0.25, -0.2) is 0 Å². The third-order valence-corrected chi connectivity index (χ3v) is 1.25. The summed E-state index contributed by atoms with van der Waals surface area (Å²) in [5, 5.41) is 19.8. The smallest absolute Gasteiger partial charge is 0.132 e. The number of hydrogen-bond acceptors (Lipinski definition) is 3. The first-order chi connectivity index (χ1) is 5.79. The summed E-state index contributed by atoms with van der Waals surface area (Å²) in [6.45, 7) is 0. The SMILES string of the molecule is [O-]B([O-])OC=Cc1ccccc1. The second-order valence-electron chi connectivity index (χ2n) is 2.14. The molecular formula is C8H7BO3-2. The van der Waals surface area contributed by atoms with Crippen molar-refractivity contribution in [3.05, 3.63) is 42.2 Å². The fourth-order valence-electron chi connectivity index (χ4n) is 0.746. The molecule has 0 bridgehead atoms. The molecule has 0 aliphatic heterocycles. The largest absolute Gasteiger partial charge is 0.860 e. The summed E-state index contributed by atoms with van der Waals surface area (Å²) in [5.74, 6) is 0. The maximum absolute atomic E-state index is 9.89. The van der Waals surface area contributed by atoms with Crippen LogP contribution in [-0.2, 0) is 4.65 Å². The van der Waals surface area contributed by atoms with Crippen molar-refractivity contribution in [1.82, 2.24) is 0 Å². The summed E-state index contributed by atoms with van der Waals surface area (Å²) in [6, 6.07) is 9.26. The first-order valence-corrected chi connectivity index (χ1v) is 3.48. The Bertz CT molecular complexity index is 246. The van der Waals surface area contributed by atoms with E-state index in [0.717, 1.165) is 11.8 Å². The second-order valence-corrected chi connectivity index (χ2v) is 2.14. The van der Waals surface area contributed by atoms with Crippen molar-refractivity contribution >= 4 is 13.4 Å². The minimum Gasteiger partial charge on any atom is -0.860 e. The topological polar surface area (TPSA) is 55.3 Å². The minimum absolute atomic E-state index is 0.887. The van der Waals surface area contributed by atoms with Crippen LogP contribution >= 0.6 is 0 Å². The lowest BCUT2D eigenvalue weighted by Crippen LogP contribution is -2.46. The van der Waals surface area contributed by atoms with Crippen molar-refractivity contribution < 1.29 is 14.7 Å². The van der Waals surface area contributed by atoms with Gasteiger partial charge in [0.1, 0.15) is 7.32 Å². The monoisotopic (exact) mass is 162 g/mol. The van der Waals surface area contributed by atoms with Crippen LogP contribution < -0.4 is 10.0 Å². The lowest BCUT2D eigenvalue weighted by molar-refractivity contribution is -0.376. The molecule has 1 rings (SSSR count). The van der Waals surface area contributed by atoms with Gasteiger partial charge in [-0.15, -0.1) is 0 Å². The van der Waals surface area contributed by atoms with Crippen LogP contribution in [0.5, 0.6) is 0 Å². The summed E-state index contributed by atoms with van der Waals surface area (Å²) >= 11 is 0. The molecule has 0 aliphatic carbocycles. The van der Waals surface area contributed by atoms with Crippen LogP contribution in [0.2, 0.25) is 0 Å². The Balaban J connectivity index is 2.47. The van der Waals surface area contributed by atoms with E-state index in [9.17, 15) is 10.0 Å². The predicted molar refractivity (Wildman–Crippen MR) is 42.3 cm³/mol. The molecule has 0 N–H and O–H groups in total. The fraction of sp³-hybridized carbons (Fsp3) is 0. The molecule has 0 heterocycles. The summed E-state index contributed by atoms with van der Waals surface area (Å²) in [5.41, 5.74) is 0.887. The van der Waals surface area contributed by atoms with E-state index in [2.05, 4.69) is 4.65 Å². The first kappa shape index (κ1) is 8.84. The van der Waals surface area contributed by atoms with Crippen molar-refractivity contribution in [2.45, 2.75) is 0 Å². The van der Waals surface area contributed by atoms with Gasteiger partial charge < -0.3 is 14.7 Å². The molecule has 12 heavy (non-hydrogen) atoms. The van der Waals surface area contributed by atoms with Gasteiger partial charge in [-0.2, -0.15) is 0 Å². The van der Waals surface area contributed by atoms with Gasteiger partial charge in [-0.1, -0.05) is 30.3 Å². The van der Waals surface area contributed by atoms with Crippen LogP contribution in [0.1, 0.15) is 5.56 Å². The van der Waals surface area contributed by atoms with Gasteiger partial charge in [-0.05, 0) is 11.6 Å². The average Bonchev–Trinajstić information content (AvgIpc) is 2.05. The Morgan fingerprint density at radius 2 is 1.83 bits per heavy atom. The Kier molecular flexibility index (Phi) is 3.38. The molecule has 0 saturated heterocycles. The first-order valence-electron chi connectivity index (χ1n) is 3.48. The van der Waals surface area contributed by atoms with Gasteiger partial charge in [0.25, 0.3) is 0 Å². The van der Waals surface area contributed by atoms with Crippen LogP contribution in [0.15, 0.2) is 36.6 Å². The quantitative estimate of drug-likeness (QED) is 0.439. The van der Waals surface area contributed by atoms with E-state index in [4.69, 9.17) is 0 Å². The zero-order valence-electron chi connectivity index (χ0n) is 6.34. The summed E-state index contributed by atoms with van der Waals surface area (Å²) in [7, 11) is -2.25. The third kappa shape index (κ3) is 3.23. The zero-order valence-corrected chi connectivity index (χ0v) is 6.34.